The van der Waals surface area contributed by atoms with Gasteiger partial charge in [0.15, 0.2) is 5.78 Å². The largest absolute Gasteiger partial charge is 0.294 e. The number of allylic oxidation sites excluding steroid dienone is 4. The first kappa shape index (κ1) is 20.1. The Morgan fingerprint density at radius 1 is 1.21 bits per heavy atom. The summed E-state index contributed by atoms with van der Waals surface area (Å²) < 4.78 is 15.4. The molecule has 3 rings (SSSR count). The highest BCUT2D eigenvalue weighted by molar-refractivity contribution is 5.98. The number of Topliss-reactive ketones (excluding diaryl/α,β-unsaturated/α-hetero) is 1. The highest BCUT2D eigenvalue weighted by atomic mass is 19.1. The van der Waals surface area contributed by atoms with Gasteiger partial charge in [0, 0.05) is 24.6 Å². The van der Waals surface area contributed by atoms with Crippen LogP contribution in [0.5, 0.6) is 0 Å². The Balaban J connectivity index is 1.80. The van der Waals surface area contributed by atoms with Crippen molar-refractivity contribution in [1.82, 2.24) is 20.0 Å². The summed E-state index contributed by atoms with van der Waals surface area (Å²) in [4.78, 5) is 16.3. The molecule has 0 aliphatic heterocycles. The van der Waals surface area contributed by atoms with Crippen molar-refractivity contribution in [2.75, 3.05) is 0 Å². The van der Waals surface area contributed by atoms with Crippen LogP contribution in [0.4, 0.5) is 4.39 Å². The molecule has 0 spiro atoms. The highest BCUT2D eigenvalue weighted by Gasteiger charge is 2.15. The molecule has 28 heavy (non-hydrogen) atoms. The number of ketones is 1. The standard InChI is InChI=1S/C22H27FN4O/c1-3-17-10-6-4-5-7-14-21(28)18(17)11-8-12-19-16(2)27(26-25-19)20-13-9-15-24-22(20)23/h8-9,11,13,15H,3-7,10,12,14H2,1-2H3/b11-8-,18-17-. The number of rotatable bonds is 5. The SMILES string of the molecule is CC/C1=C(\C=C/Cc2nnn(-c3cccnc3F)c2C)C(=O)CCCCCC1. The quantitative estimate of drug-likeness (QED) is 0.694. The van der Waals surface area contributed by atoms with Gasteiger partial charge in [0.05, 0.1) is 11.4 Å². The van der Waals surface area contributed by atoms with Crippen molar-refractivity contribution < 1.29 is 9.18 Å². The topological polar surface area (TPSA) is 60.7 Å². The lowest BCUT2D eigenvalue weighted by Crippen LogP contribution is -2.04. The van der Waals surface area contributed by atoms with E-state index in [2.05, 4.69) is 22.2 Å². The smallest absolute Gasteiger partial charge is 0.238 e. The molecule has 0 saturated carbocycles. The van der Waals surface area contributed by atoms with Crippen LogP contribution in [0.15, 0.2) is 41.6 Å². The van der Waals surface area contributed by atoms with Gasteiger partial charge in [-0.2, -0.15) is 4.39 Å². The molecule has 0 saturated heterocycles. The molecule has 6 heteroatoms. The summed E-state index contributed by atoms with van der Waals surface area (Å²) in [7, 11) is 0. The molecule has 0 bridgehead atoms. The molecule has 0 aromatic carbocycles. The second kappa shape index (κ2) is 9.53. The van der Waals surface area contributed by atoms with Crippen LogP contribution in [-0.4, -0.2) is 25.8 Å². The van der Waals surface area contributed by atoms with E-state index < -0.39 is 5.95 Å². The van der Waals surface area contributed by atoms with Crippen LogP contribution in [0.25, 0.3) is 5.69 Å². The Morgan fingerprint density at radius 3 is 2.75 bits per heavy atom. The molecule has 1 aliphatic rings. The van der Waals surface area contributed by atoms with Crippen molar-refractivity contribution in [2.45, 2.75) is 65.2 Å². The lowest BCUT2D eigenvalue weighted by molar-refractivity contribution is -0.115. The van der Waals surface area contributed by atoms with Crippen LogP contribution >= 0.6 is 0 Å². The molecule has 2 aromatic heterocycles. The number of hydrogen-bond donors (Lipinski definition) is 0. The van der Waals surface area contributed by atoms with Gasteiger partial charge in [-0.1, -0.05) is 42.7 Å². The zero-order valence-corrected chi connectivity index (χ0v) is 16.6. The van der Waals surface area contributed by atoms with Gasteiger partial charge in [-0.25, -0.2) is 9.67 Å². The molecule has 0 fully saturated rings. The molecule has 0 atom stereocenters. The zero-order chi connectivity index (χ0) is 19.9. The third-order valence-corrected chi connectivity index (χ3v) is 5.29. The van der Waals surface area contributed by atoms with Crippen LogP contribution in [0.3, 0.4) is 0 Å². The van der Waals surface area contributed by atoms with E-state index in [0.717, 1.165) is 49.1 Å². The van der Waals surface area contributed by atoms with Crippen LogP contribution < -0.4 is 0 Å². The number of carbonyl (C=O) groups excluding carboxylic acids is 1. The Bertz CT molecular complexity index is 898. The van der Waals surface area contributed by atoms with E-state index >= 15 is 0 Å². The first-order valence-electron chi connectivity index (χ1n) is 10.1. The summed E-state index contributed by atoms with van der Waals surface area (Å²) >= 11 is 0. The van der Waals surface area contributed by atoms with Crippen molar-refractivity contribution in [3.63, 3.8) is 0 Å². The van der Waals surface area contributed by atoms with Gasteiger partial charge in [0.2, 0.25) is 5.95 Å². The number of carbonyl (C=O) groups is 1. The zero-order valence-electron chi connectivity index (χ0n) is 16.6. The fraction of sp³-hybridized carbons (Fsp3) is 0.455. The number of halogens is 1. The number of hydrogen-bond acceptors (Lipinski definition) is 4. The average molecular weight is 382 g/mol. The summed E-state index contributed by atoms with van der Waals surface area (Å²) in [6, 6.07) is 3.29. The Kier molecular flexibility index (Phi) is 6.85. The molecular formula is C22H27FN4O. The van der Waals surface area contributed by atoms with Crippen molar-refractivity contribution in [2.24, 2.45) is 0 Å². The van der Waals surface area contributed by atoms with Gasteiger partial charge in [0.25, 0.3) is 0 Å². The predicted molar refractivity (Wildman–Crippen MR) is 107 cm³/mol. The fourth-order valence-electron chi connectivity index (χ4n) is 3.62. The first-order chi connectivity index (χ1) is 13.6. The number of nitrogens with zero attached hydrogens (tertiary/aromatic N) is 4. The van der Waals surface area contributed by atoms with E-state index in [4.69, 9.17) is 0 Å². The molecular weight excluding hydrogens is 355 g/mol. The van der Waals surface area contributed by atoms with Gasteiger partial charge in [-0.3, -0.25) is 4.79 Å². The van der Waals surface area contributed by atoms with Crippen molar-refractivity contribution in [3.8, 4) is 5.69 Å². The monoisotopic (exact) mass is 382 g/mol. The summed E-state index contributed by atoms with van der Waals surface area (Å²) in [5, 5.41) is 8.26. The Morgan fingerprint density at radius 2 is 2.00 bits per heavy atom. The second-order valence-corrected chi connectivity index (χ2v) is 7.16. The minimum Gasteiger partial charge on any atom is -0.294 e. The molecule has 0 unspecified atom stereocenters. The van der Waals surface area contributed by atoms with Crippen LogP contribution in [0, 0.1) is 12.9 Å². The Hall–Kier alpha value is -2.63. The fourth-order valence-corrected chi connectivity index (χ4v) is 3.62. The van der Waals surface area contributed by atoms with E-state index in [9.17, 15) is 9.18 Å². The molecule has 148 valence electrons. The van der Waals surface area contributed by atoms with Crippen LogP contribution in [-0.2, 0) is 11.2 Å². The lowest BCUT2D eigenvalue weighted by Gasteiger charge is -2.08. The normalized spacial score (nSPS) is 18.9. The van der Waals surface area contributed by atoms with E-state index in [-0.39, 0.29) is 11.5 Å². The molecule has 2 heterocycles. The van der Waals surface area contributed by atoms with E-state index in [0.29, 0.717) is 12.8 Å². The van der Waals surface area contributed by atoms with E-state index in [1.54, 1.807) is 12.1 Å². The second-order valence-electron chi connectivity index (χ2n) is 7.16. The molecule has 0 radical (unpaired) electrons. The maximum Gasteiger partial charge on any atom is 0.238 e. The van der Waals surface area contributed by atoms with Gasteiger partial charge in [-0.05, 0) is 44.7 Å². The number of aromatic nitrogens is 4. The van der Waals surface area contributed by atoms with Gasteiger partial charge >= 0.3 is 0 Å². The van der Waals surface area contributed by atoms with E-state index in [1.165, 1.54) is 22.9 Å². The lowest BCUT2D eigenvalue weighted by atomic mass is 9.96. The van der Waals surface area contributed by atoms with Gasteiger partial charge in [0.1, 0.15) is 5.69 Å². The molecule has 1 aliphatic carbocycles. The molecule has 5 nitrogen and oxygen atoms in total. The summed E-state index contributed by atoms with van der Waals surface area (Å²) in [6.07, 6.45) is 12.8. The molecule has 2 aromatic rings. The third-order valence-electron chi connectivity index (χ3n) is 5.29. The van der Waals surface area contributed by atoms with Crippen molar-refractivity contribution >= 4 is 5.78 Å². The number of pyridine rings is 1. The molecule has 0 N–H and O–H groups in total. The van der Waals surface area contributed by atoms with Crippen LogP contribution in [0.1, 0.15) is 63.3 Å². The minimum atomic E-state index is -0.577. The maximum atomic E-state index is 13.9. The van der Waals surface area contributed by atoms with Gasteiger partial charge in [-0.15, -0.1) is 5.10 Å². The van der Waals surface area contributed by atoms with Crippen molar-refractivity contribution in [3.05, 3.63) is 59.0 Å². The van der Waals surface area contributed by atoms with Gasteiger partial charge < -0.3 is 0 Å². The summed E-state index contributed by atoms with van der Waals surface area (Å²) in [5.74, 6) is -0.334. The Labute approximate surface area is 165 Å². The maximum absolute atomic E-state index is 13.9. The first-order valence-corrected chi connectivity index (χ1v) is 10.1. The van der Waals surface area contributed by atoms with Crippen LogP contribution in [0.2, 0.25) is 0 Å². The summed E-state index contributed by atoms with van der Waals surface area (Å²) in [6.45, 7) is 3.98. The van der Waals surface area contributed by atoms with Crippen molar-refractivity contribution in [1.29, 1.82) is 0 Å². The minimum absolute atomic E-state index is 0.243. The third kappa shape index (κ3) is 4.61. The predicted octanol–water partition coefficient (Wildman–Crippen LogP) is 4.84. The molecule has 0 amide bonds. The van der Waals surface area contributed by atoms with E-state index in [1.807, 2.05) is 19.1 Å². The summed E-state index contributed by atoms with van der Waals surface area (Å²) in [5.41, 5.74) is 3.93. The average Bonchev–Trinajstić information content (AvgIpc) is 3.09. The highest BCUT2D eigenvalue weighted by Crippen LogP contribution is 2.24.